The van der Waals surface area contributed by atoms with E-state index in [1.807, 2.05) is 12.1 Å². The number of nitriles is 1. The molecule has 0 spiro atoms. The number of rotatable bonds is 1. The van der Waals surface area contributed by atoms with Crippen LogP contribution in [0.15, 0.2) is 24.3 Å². The number of nitrogens with zero attached hydrogens (tertiary/aromatic N) is 2. The van der Waals surface area contributed by atoms with Gasteiger partial charge in [0.2, 0.25) is 0 Å². The Bertz CT molecular complexity index is 460. The molecule has 0 radical (unpaired) electrons. The van der Waals surface area contributed by atoms with Gasteiger partial charge in [0.25, 0.3) is 0 Å². The minimum Gasteiger partial charge on any atom is -0.371 e. The van der Waals surface area contributed by atoms with Crippen LogP contribution in [0.5, 0.6) is 0 Å². The molecule has 3 rings (SSSR count). The third-order valence-corrected chi connectivity index (χ3v) is 4.45. The van der Waals surface area contributed by atoms with Crippen LogP contribution in [0.3, 0.4) is 0 Å². The van der Waals surface area contributed by atoms with Crippen molar-refractivity contribution in [3.05, 3.63) is 29.8 Å². The van der Waals surface area contributed by atoms with E-state index in [0.717, 1.165) is 30.5 Å². The summed E-state index contributed by atoms with van der Waals surface area (Å²) in [4.78, 5) is 2.45. The Labute approximate surface area is 108 Å². The highest BCUT2D eigenvalue weighted by atomic mass is 15.2. The SMILES string of the molecule is N#Cc1ccc(N2C[C@H]3CC(N)CC[C@H]3C2)cc1. The van der Waals surface area contributed by atoms with E-state index >= 15 is 0 Å². The van der Waals surface area contributed by atoms with Crippen molar-refractivity contribution in [3.63, 3.8) is 0 Å². The molecule has 1 saturated heterocycles. The number of fused-ring (bicyclic) bond motifs is 1. The van der Waals surface area contributed by atoms with Gasteiger partial charge >= 0.3 is 0 Å². The summed E-state index contributed by atoms with van der Waals surface area (Å²) >= 11 is 0. The molecule has 0 bridgehead atoms. The van der Waals surface area contributed by atoms with Gasteiger partial charge in [-0.2, -0.15) is 5.26 Å². The molecule has 1 aromatic carbocycles. The average Bonchev–Trinajstić information content (AvgIpc) is 2.81. The second kappa shape index (κ2) is 4.62. The summed E-state index contributed by atoms with van der Waals surface area (Å²) < 4.78 is 0. The first-order chi connectivity index (χ1) is 8.76. The van der Waals surface area contributed by atoms with E-state index in [0.29, 0.717) is 6.04 Å². The Morgan fingerprint density at radius 2 is 1.83 bits per heavy atom. The maximum Gasteiger partial charge on any atom is 0.0991 e. The van der Waals surface area contributed by atoms with Crippen molar-refractivity contribution >= 4 is 5.69 Å². The molecule has 1 unspecified atom stereocenters. The highest BCUT2D eigenvalue weighted by Crippen LogP contribution is 2.37. The van der Waals surface area contributed by atoms with Gasteiger partial charge in [-0.3, -0.25) is 0 Å². The standard InChI is InChI=1S/C15H19N3/c16-8-11-1-5-15(6-2-11)18-9-12-3-4-14(17)7-13(12)10-18/h1-2,5-6,12-14H,3-4,7,9-10,17H2/t12-,13+,14?/m0/s1. The first-order valence-electron chi connectivity index (χ1n) is 6.77. The Morgan fingerprint density at radius 1 is 1.11 bits per heavy atom. The van der Waals surface area contributed by atoms with E-state index in [1.165, 1.54) is 24.9 Å². The lowest BCUT2D eigenvalue weighted by molar-refractivity contribution is 0.271. The summed E-state index contributed by atoms with van der Waals surface area (Å²) in [6.07, 6.45) is 3.64. The summed E-state index contributed by atoms with van der Waals surface area (Å²) in [6, 6.07) is 10.5. The molecule has 0 aromatic heterocycles. The zero-order valence-corrected chi connectivity index (χ0v) is 10.5. The number of nitrogens with two attached hydrogens (primary N) is 1. The van der Waals surface area contributed by atoms with Crippen molar-refractivity contribution in [2.24, 2.45) is 17.6 Å². The third kappa shape index (κ3) is 2.09. The van der Waals surface area contributed by atoms with Gasteiger partial charge in [-0.25, -0.2) is 0 Å². The maximum atomic E-state index is 8.81. The number of anilines is 1. The molecule has 94 valence electrons. The van der Waals surface area contributed by atoms with Crippen LogP contribution in [0.4, 0.5) is 5.69 Å². The van der Waals surface area contributed by atoms with Gasteiger partial charge in [-0.15, -0.1) is 0 Å². The van der Waals surface area contributed by atoms with Crippen LogP contribution < -0.4 is 10.6 Å². The fourth-order valence-corrected chi connectivity index (χ4v) is 3.43. The third-order valence-electron chi connectivity index (χ3n) is 4.45. The first kappa shape index (κ1) is 11.6. The first-order valence-corrected chi connectivity index (χ1v) is 6.77. The van der Waals surface area contributed by atoms with E-state index in [4.69, 9.17) is 11.0 Å². The molecule has 1 saturated carbocycles. The quantitative estimate of drug-likeness (QED) is 0.819. The normalized spacial score (nSPS) is 30.9. The molecule has 3 nitrogen and oxygen atoms in total. The van der Waals surface area contributed by atoms with E-state index in [2.05, 4.69) is 23.1 Å². The molecule has 18 heavy (non-hydrogen) atoms. The lowest BCUT2D eigenvalue weighted by atomic mass is 9.79. The molecule has 1 aliphatic heterocycles. The molecule has 0 amide bonds. The van der Waals surface area contributed by atoms with Crippen LogP contribution in [-0.4, -0.2) is 19.1 Å². The Hall–Kier alpha value is -1.53. The van der Waals surface area contributed by atoms with E-state index in [-0.39, 0.29) is 0 Å². The molecular weight excluding hydrogens is 222 g/mol. The van der Waals surface area contributed by atoms with Crippen molar-refractivity contribution < 1.29 is 0 Å². The minimum absolute atomic E-state index is 0.409. The summed E-state index contributed by atoms with van der Waals surface area (Å²) in [6.45, 7) is 2.29. The van der Waals surface area contributed by atoms with Gasteiger partial charge in [0.1, 0.15) is 0 Å². The Balaban J connectivity index is 1.73. The highest BCUT2D eigenvalue weighted by molar-refractivity contribution is 5.50. The van der Waals surface area contributed by atoms with Crippen LogP contribution in [0.25, 0.3) is 0 Å². The van der Waals surface area contributed by atoms with Crippen molar-refractivity contribution in [1.82, 2.24) is 0 Å². The Kier molecular flexibility index (Phi) is 2.97. The molecule has 3 heteroatoms. The summed E-state index contributed by atoms with van der Waals surface area (Å²) in [5.74, 6) is 1.59. The van der Waals surface area contributed by atoms with Gasteiger partial charge in [-0.05, 0) is 55.4 Å². The van der Waals surface area contributed by atoms with Crippen molar-refractivity contribution in [1.29, 1.82) is 5.26 Å². The van der Waals surface area contributed by atoms with E-state index < -0.39 is 0 Å². The zero-order valence-electron chi connectivity index (χ0n) is 10.5. The fourth-order valence-electron chi connectivity index (χ4n) is 3.43. The monoisotopic (exact) mass is 241 g/mol. The molecule has 2 aliphatic rings. The molecule has 1 aliphatic carbocycles. The largest absolute Gasteiger partial charge is 0.371 e. The highest BCUT2D eigenvalue weighted by Gasteiger charge is 2.36. The van der Waals surface area contributed by atoms with E-state index in [9.17, 15) is 0 Å². The Morgan fingerprint density at radius 3 is 2.56 bits per heavy atom. The van der Waals surface area contributed by atoms with Crippen LogP contribution in [0.2, 0.25) is 0 Å². The predicted molar refractivity (Wildman–Crippen MR) is 72.2 cm³/mol. The van der Waals surface area contributed by atoms with Gasteiger partial charge in [0.05, 0.1) is 11.6 Å². The summed E-state index contributed by atoms with van der Waals surface area (Å²) in [7, 11) is 0. The van der Waals surface area contributed by atoms with Gasteiger partial charge in [-0.1, -0.05) is 0 Å². The van der Waals surface area contributed by atoms with Crippen molar-refractivity contribution in [2.75, 3.05) is 18.0 Å². The second-order valence-corrected chi connectivity index (χ2v) is 5.66. The van der Waals surface area contributed by atoms with Crippen LogP contribution in [0.1, 0.15) is 24.8 Å². The van der Waals surface area contributed by atoms with Crippen LogP contribution >= 0.6 is 0 Å². The number of hydrogen-bond donors (Lipinski definition) is 1. The lowest BCUT2D eigenvalue weighted by Crippen LogP contribution is -2.32. The van der Waals surface area contributed by atoms with Gasteiger partial charge < -0.3 is 10.6 Å². The van der Waals surface area contributed by atoms with Gasteiger partial charge in [0.15, 0.2) is 0 Å². The van der Waals surface area contributed by atoms with Gasteiger partial charge in [0, 0.05) is 24.8 Å². The molecule has 2 fully saturated rings. The number of benzene rings is 1. The topological polar surface area (TPSA) is 53.0 Å². The summed E-state index contributed by atoms with van der Waals surface area (Å²) in [5.41, 5.74) is 8.04. The summed E-state index contributed by atoms with van der Waals surface area (Å²) in [5, 5.41) is 8.81. The zero-order chi connectivity index (χ0) is 12.5. The predicted octanol–water partition coefficient (Wildman–Crippen LogP) is 2.12. The van der Waals surface area contributed by atoms with E-state index in [1.54, 1.807) is 0 Å². The van der Waals surface area contributed by atoms with Crippen molar-refractivity contribution in [3.8, 4) is 6.07 Å². The number of hydrogen-bond acceptors (Lipinski definition) is 3. The van der Waals surface area contributed by atoms with Crippen LogP contribution in [-0.2, 0) is 0 Å². The fraction of sp³-hybridized carbons (Fsp3) is 0.533. The molecule has 1 heterocycles. The average molecular weight is 241 g/mol. The minimum atomic E-state index is 0.409. The lowest BCUT2D eigenvalue weighted by Gasteiger charge is -2.27. The smallest absolute Gasteiger partial charge is 0.0991 e. The second-order valence-electron chi connectivity index (χ2n) is 5.66. The molecule has 3 atom stereocenters. The molecular formula is C15H19N3. The van der Waals surface area contributed by atoms with Crippen molar-refractivity contribution in [2.45, 2.75) is 25.3 Å². The molecule has 2 N–H and O–H groups in total. The molecule has 1 aromatic rings. The van der Waals surface area contributed by atoms with Crippen LogP contribution in [0, 0.1) is 23.2 Å². The maximum absolute atomic E-state index is 8.81.